The molecule has 1 atom stereocenters. The van der Waals surface area contributed by atoms with Gasteiger partial charge in [-0.1, -0.05) is 40.0 Å². The lowest BCUT2D eigenvalue weighted by Crippen LogP contribution is -1.83. The second kappa shape index (κ2) is 4.17. The van der Waals surface area contributed by atoms with Crippen molar-refractivity contribution in [2.75, 3.05) is 0 Å². The maximum Gasteiger partial charge on any atom is 0.0269 e. The van der Waals surface area contributed by atoms with E-state index in [1.165, 1.54) is 0 Å². The Morgan fingerprint density at radius 3 is 2.29 bits per heavy atom. The van der Waals surface area contributed by atoms with Crippen molar-refractivity contribution in [1.82, 2.24) is 0 Å². The highest BCUT2D eigenvalue weighted by Crippen LogP contribution is 2.04. The van der Waals surface area contributed by atoms with E-state index in [-0.39, 0.29) is 6.40 Å². The van der Waals surface area contributed by atoms with Crippen molar-refractivity contribution in [2.24, 2.45) is 5.92 Å². The largest absolute Gasteiger partial charge is 0.0654 e. The maximum absolute atomic E-state index is 7.43. The van der Waals surface area contributed by atoms with Gasteiger partial charge < -0.3 is 0 Å². The summed E-state index contributed by atoms with van der Waals surface area (Å²) in [6.07, 6.45) is 2.37. The van der Waals surface area contributed by atoms with Crippen molar-refractivity contribution in [3.63, 3.8) is 0 Å². The molecule has 0 N–H and O–H groups in total. The van der Waals surface area contributed by atoms with Gasteiger partial charge in [0.25, 0.3) is 0 Å². The molecule has 0 bridgehead atoms. The highest BCUT2D eigenvalue weighted by Gasteiger charge is 1.88. The number of hydrogen-bond acceptors (Lipinski definition) is 0. The summed E-state index contributed by atoms with van der Waals surface area (Å²) in [7, 11) is 0. The fraction of sp³-hybridized carbons (Fsp3) is 1.00. The smallest absolute Gasteiger partial charge is 0.0269 e. The second-order valence-corrected chi connectivity index (χ2v) is 2.27. The van der Waals surface area contributed by atoms with Gasteiger partial charge in [0.15, 0.2) is 0 Å². The first-order valence-corrected chi connectivity index (χ1v) is 3.10. The minimum Gasteiger partial charge on any atom is -0.0654 e. The van der Waals surface area contributed by atoms with E-state index in [0.29, 0.717) is 5.92 Å². The van der Waals surface area contributed by atoms with Gasteiger partial charge in [-0.15, -0.1) is 0 Å². The van der Waals surface area contributed by atoms with E-state index in [1.807, 2.05) is 0 Å². The highest BCUT2D eigenvalue weighted by molar-refractivity contribution is 4.42. The molecule has 0 aliphatic rings. The molecule has 0 aromatic rings. The van der Waals surface area contributed by atoms with Gasteiger partial charge in [-0.2, -0.15) is 0 Å². The monoisotopic (exact) mass is 101 g/mol. The van der Waals surface area contributed by atoms with Crippen molar-refractivity contribution in [2.45, 2.75) is 40.0 Å². The molecule has 1 unspecified atom stereocenters. The third kappa shape index (κ3) is 6.00. The molecule has 0 rings (SSSR count). The molecule has 0 saturated carbocycles. The first-order valence-electron chi connectivity index (χ1n) is 3.68. The van der Waals surface area contributed by atoms with Gasteiger partial charge in [-0.05, 0) is 5.92 Å². The predicted octanol–water partition coefficient (Wildman–Crippen LogP) is 2.83. The summed E-state index contributed by atoms with van der Waals surface area (Å²) in [5.41, 5.74) is 0. The maximum atomic E-state index is 7.43. The molecule has 0 heteroatoms. The van der Waals surface area contributed by atoms with Crippen LogP contribution < -0.4 is 0 Å². The highest BCUT2D eigenvalue weighted by atomic mass is 13.9. The Bertz CT molecular complexity index is 50.3. The van der Waals surface area contributed by atoms with Gasteiger partial charge in [0.2, 0.25) is 0 Å². The van der Waals surface area contributed by atoms with Crippen molar-refractivity contribution in [3.05, 3.63) is 0 Å². The molecule has 0 spiro atoms. The van der Waals surface area contributed by atoms with Crippen LogP contribution in [0.5, 0.6) is 0 Å². The fourth-order valence-electron chi connectivity index (χ4n) is 0.500. The molecule has 0 aromatic heterocycles. The zero-order chi connectivity index (χ0) is 6.57. The number of rotatable bonds is 3. The molecule has 0 saturated heterocycles. The van der Waals surface area contributed by atoms with Crippen LogP contribution in [-0.2, 0) is 0 Å². The van der Waals surface area contributed by atoms with Gasteiger partial charge in [0.05, 0.1) is 0 Å². The van der Waals surface area contributed by atoms with Crippen LogP contribution in [0.2, 0.25) is 0 Å². The predicted molar refractivity (Wildman–Crippen MR) is 34.4 cm³/mol. The summed E-state index contributed by atoms with van der Waals surface area (Å²) in [5, 5.41) is 0. The Kier molecular flexibility index (Phi) is 3.06. The molecular formula is C7H16. The first-order chi connectivity index (χ1) is 3.68. The van der Waals surface area contributed by atoms with E-state index in [0.717, 1.165) is 12.8 Å². The van der Waals surface area contributed by atoms with Crippen LogP contribution in [0.25, 0.3) is 0 Å². The zero-order valence-electron chi connectivity index (χ0n) is 6.57. The topological polar surface area (TPSA) is 0 Å². The molecule has 0 heterocycles. The number of hydrogen-bond donors (Lipinski definition) is 0. The quantitative estimate of drug-likeness (QED) is 0.512. The molecule has 0 fully saturated rings. The minimum absolute atomic E-state index is 0.167. The molecule has 0 nitrogen and oxygen atoms in total. The van der Waals surface area contributed by atoms with Gasteiger partial charge in [-0.25, -0.2) is 0 Å². The van der Waals surface area contributed by atoms with Crippen LogP contribution in [0.4, 0.5) is 0 Å². The third-order valence-electron chi connectivity index (χ3n) is 0.927. The first kappa shape index (κ1) is 5.14. The molecule has 7 heavy (non-hydrogen) atoms. The summed E-state index contributed by atoms with van der Waals surface area (Å²) >= 11 is 0. The van der Waals surface area contributed by atoms with Crippen molar-refractivity contribution in [3.8, 4) is 0 Å². The van der Waals surface area contributed by atoms with Crippen molar-refractivity contribution in [1.29, 1.82) is 0 Å². The summed E-state index contributed by atoms with van der Waals surface area (Å²) < 4.78 is 7.43. The molecular weight excluding hydrogens is 84.1 g/mol. The minimum atomic E-state index is 0.167. The Morgan fingerprint density at radius 1 is 1.57 bits per heavy atom. The van der Waals surface area contributed by atoms with Crippen LogP contribution in [0.1, 0.15) is 41.4 Å². The van der Waals surface area contributed by atoms with Crippen molar-refractivity contribution >= 4 is 0 Å². The summed E-state index contributed by atoms with van der Waals surface area (Å²) in [6, 6.07) is 0. The molecule has 0 aliphatic heterocycles. The lowest BCUT2D eigenvalue weighted by atomic mass is 10.1. The average Bonchev–Trinajstić information content (AvgIpc) is 1.67. The van der Waals surface area contributed by atoms with Gasteiger partial charge >= 0.3 is 0 Å². The van der Waals surface area contributed by atoms with E-state index in [9.17, 15) is 0 Å². The molecule has 0 aliphatic carbocycles. The SMILES string of the molecule is [2H]C(CCC)C(C)C. The van der Waals surface area contributed by atoms with Gasteiger partial charge in [0.1, 0.15) is 0 Å². The van der Waals surface area contributed by atoms with Crippen LogP contribution in [0.3, 0.4) is 0 Å². The molecule has 44 valence electrons. The van der Waals surface area contributed by atoms with E-state index in [2.05, 4.69) is 20.8 Å². The molecule has 0 aromatic carbocycles. The van der Waals surface area contributed by atoms with Crippen LogP contribution in [0, 0.1) is 5.92 Å². The van der Waals surface area contributed by atoms with Crippen molar-refractivity contribution < 1.29 is 1.37 Å². The van der Waals surface area contributed by atoms with Gasteiger partial charge in [-0.3, -0.25) is 0 Å². The van der Waals surface area contributed by atoms with E-state index >= 15 is 0 Å². The zero-order valence-corrected chi connectivity index (χ0v) is 5.57. The van der Waals surface area contributed by atoms with E-state index in [4.69, 9.17) is 1.37 Å². The van der Waals surface area contributed by atoms with E-state index in [1.54, 1.807) is 0 Å². The summed E-state index contributed by atoms with van der Waals surface area (Å²) in [5.74, 6) is 0.537. The third-order valence-corrected chi connectivity index (χ3v) is 0.927. The Morgan fingerprint density at radius 2 is 2.14 bits per heavy atom. The Labute approximate surface area is 48.3 Å². The standard InChI is InChI=1S/C7H16/c1-4-5-6-7(2)3/h7H,4-6H2,1-3H3/i6D. The lowest BCUT2D eigenvalue weighted by molar-refractivity contribution is 0.550. The molecule has 0 radical (unpaired) electrons. The second-order valence-electron chi connectivity index (χ2n) is 2.27. The van der Waals surface area contributed by atoms with Gasteiger partial charge in [0, 0.05) is 1.37 Å². The molecule has 0 amide bonds. The lowest BCUT2D eigenvalue weighted by Gasteiger charge is -1.98. The summed E-state index contributed by atoms with van der Waals surface area (Å²) in [4.78, 5) is 0. The van der Waals surface area contributed by atoms with Crippen LogP contribution in [0.15, 0.2) is 0 Å². The average molecular weight is 101 g/mol. The Hall–Kier alpha value is 0. The summed E-state index contributed by atoms with van der Waals surface area (Å²) in [6.45, 7) is 6.34. The van der Waals surface area contributed by atoms with E-state index < -0.39 is 0 Å². The normalized spacial score (nSPS) is 16.9. The van der Waals surface area contributed by atoms with Crippen LogP contribution >= 0.6 is 0 Å². The van der Waals surface area contributed by atoms with Crippen LogP contribution in [-0.4, -0.2) is 0 Å². The fourth-order valence-corrected chi connectivity index (χ4v) is 0.500. The Balaban J connectivity index is 3.17.